The lowest BCUT2D eigenvalue weighted by atomic mass is 10.1. The number of nitrogens with two attached hydrogens (primary N) is 1. The van der Waals surface area contributed by atoms with E-state index < -0.39 is 0 Å². The minimum absolute atomic E-state index is 0.634. The first-order valence-corrected chi connectivity index (χ1v) is 7.68. The van der Waals surface area contributed by atoms with Crippen molar-refractivity contribution < 1.29 is 0 Å². The minimum Gasteiger partial charge on any atom is -0.398 e. The summed E-state index contributed by atoms with van der Waals surface area (Å²) < 4.78 is 0. The van der Waals surface area contributed by atoms with Gasteiger partial charge in [-0.2, -0.15) is 0 Å². The maximum absolute atomic E-state index is 6.11. The molecule has 0 amide bonds. The summed E-state index contributed by atoms with van der Waals surface area (Å²) >= 11 is 7.87. The number of fused-ring (bicyclic) bond motifs is 1. The Balaban J connectivity index is 1.91. The monoisotopic (exact) mass is 289 g/mol. The van der Waals surface area contributed by atoms with Crippen molar-refractivity contribution in [2.24, 2.45) is 0 Å². The number of halogens is 1. The first-order chi connectivity index (χ1) is 9.13. The van der Waals surface area contributed by atoms with Gasteiger partial charge in [0.25, 0.3) is 0 Å². The lowest BCUT2D eigenvalue weighted by molar-refractivity contribution is 0.911. The van der Waals surface area contributed by atoms with Crippen LogP contribution in [-0.4, -0.2) is 0 Å². The van der Waals surface area contributed by atoms with Gasteiger partial charge in [0, 0.05) is 9.79 Å². The van der Waals surface area contributed by atoms with Crippen LogP contribution < -0.4 is 5.73 Å². The van der Waals surface area contributed by atoms with Crippen molar-refractivity contribution >= 4 is 29.1 Å². The smallest absolute Gasteiger partial charge is 0.0646 e. The van der Waals surface area contributed by atoms with Crippen molar-refractivity contribution in [1.82, 2.24) is 0 Å². The Bertz CT molecular complexity index is 637. The van der Waals surface area contributed by atoms with Gasteiger partial charge in [0.1, 0.15) is 0 Å². The Morgan fingerprint density at radius 1 is 1.11 bits per heavy atom. The molecule has 0 radical (unpaired) electrons. The van der Waals surface area contributed by atoms with Gasteiger partial charge >= 0.3 is 0 Å². The molecule has 0 aliphatic heterocycles. The molecule has 2 aromatic rings. The zero-order valence-electron chi connectivity index (χ0n) is 10.9. The van der Waals surface area contributed by atoms with Crippen LogP contribution in [0.5, 0.6) is 0 Å². The molecule has 0 aromatic heterocycles. The van der Waals surface area contributed by atoms with Gasteiger partial charge in [-0.25, -0.2) is 0 Å². The molecule has 0 spiro atoms. The highest BCUT2D eigenvalue weighted by Gasteiger charge is 2.12. The normalized spacial score (nSPS) is 13.6. The molecule has 1 nitrogen and oxygen atoms in total. The summed E-state index contributed by atoms with van der Waals surface area (Å²) in [5.41, 5.74) is 10.7. The van der Waals surface area contributed by atoms with Crippen LogP contribution in [0, 0.1) is 6.92 Å². The van der Waals surface area contributed by atoms with Crippen molar-refractivity contribution in [2.45, 2.75) is 36.0 Å². The second kappa shape index (κ2) is 5.10. The molecular weight excluding hydrogens is 274 g/mol. The predicted octanol–water partition coefficient (Wildman–Crippen LogP) is 4.87. The fourth-order valence-electron chi connectivity index (χ4n) is 2.53. The van der Waals surface area contributed by atoms with Gasteiger partial charge in [-0.1, -0.05) is 29.4 Å². The number of anilines is 1. The zero-order valence-corrected chi connectivity index (χ0v) is 12.4. The summed E-state index contributed by atoms with van der Waals surface area (Å²) in [6.45, 7) is 2.07. The fraction of sp³-hybridized carbons (Fsp3) is 0.250. The van der Waals surface area contributed by atoms with Crippen LogP contribution in [0.25, 0.3) is 0 Å². The average Bonchev–Trinajstić information content (AvgIpc) is 2.83. The maximum Gasteiger partial charge on any atom is 0.0646 e. The zero-order chi connectivity index (χ0) is 13.4. The van der Waals surface area contributed by atoms with Gasteiger partial charge in [0.05, 0.1) is 10.7 Å². The Morgan fingerprint density at radius 3 is 2.74 bits per heavy atom. The van der Waals surface area contributed by atoms with E-state index in [9.17, 15) is 0 Å². The van der Waals surface area contributed by atoms with Crippen molar-refractivity contribution in [3.05, 3.63) is 52.0 Å². The summed E-state index contributed by atoms with van der Waals surface area (Å²) in [4.78, 5) is 2.46. The maximum atomic E-state index is 6.11. The van der Waals surface area contributed by atoms with Gasteiger partial charge in [0.15, 0.2) is 0 Å². The van der Waals surface area contributed by atoms with E-state index in [1.54, 1.807) is 11.8 Å². The van der Waals surface area contributed by atoms with Gasteiger partial charge < -0.3 is 5.73 Å². The van der Waals surface area contributed by atoms with Crippen LogP contribution in [0.3, 0.4) is 0 Å². The summed E-state index contributed by atoms with van der Waals surface area (Å²) in [6.07, 6.45) is 3.73. The van der Waals surface area contributed by atoms with Gasteiger partial charge in [-0.05, 0) is 67.1 Å². The highest BCUT2D eigenvalue weighted by atomic mass is 35.5. The Labute approximate surface area is 123 Å². The lowest BCUT2D eigenvalue weighted by Gasteiger charge is -2.09. The topological polar surface area (TPSA) is 26.0 Å². The largest absolute Gasteiger partial charge is 0.398 e. The summed E-state index contributed by atoms with van der Waals surface area (Å²) in [5, 5.41) is 0.634. The number of hydrogen-bond donors (Lipinski definition) is 1. The van der Waals surface area contributed by atoms with Crippen LogP contribution in [0.15, 0.2) is 40.1 Å². The number of rotatable bonds is 2. The van der Waals surface area contributed by atoms with Crippen LogP contribution >= 0.6 is 23.4 Å². The molecule has 3 rings (SSSR count). The number of nitrogen functional groups attached to an aromatic ring is 1. The third-order valence-corrected chi connectivity index (χ3v) is 5.07. The average molecular weight is 290 g/mol. The van der Waals surface area contributed by atoms with E-state index in [2.05, 4.69) is 25.1 Å². The van der Waals surface area contributed by atoms with E-state index in [1.165, 1.54) is 45.7 Å². The molecule has 98 valence electrons. The number of benzene rings is 2. The molecule has 0 atom stereocenters. The minimum atomic E-state index is 0.634. The standard InChI is InChI=1S/C16H16ClNS/c1-10-7-15(18)14(17)9-16(10)19-13-6-5-11-3-2-4-12(11)8-13/h5-9H,2-4,18H2,1H3. The second-order valence-electron chi connectivity index (χ2n) is 5.03. The second-order valence-corrected chi connectivity index (χ2v) is 6.55. The Morgan fingerprint density at radius 2 is 1.89 bits per heavy atom. The molecule has 0 saturated heterocycles. The summed E-state index contributed by atoms with van der Waals surface area (Å²) in [5.74, 6) is 0. The van der Waals surface area contributed by atoms with Crippen LogP contribution in [-0.2, 0) is 12.8 Å². The molecule has 0 saturated carbocycles. The molecule has 0 heterocycles. The van der Waals surface area contributed by atoms with Crippen molar-refractivity contribution in [2.75, 3.05) is 5.73 Å². The van der Waals surface area contributed by atoms with Crippen LogP contribution in [0.4, 0.5) is 5.69 Å². The van der Waals surface area contributed by atoms with Crippen LogP contribution in [0.2, 0.25) is 5.02 Å². The van der Waals surface area contributed by atoms with E-state index in [1.807, 2.05) is 12.1 Å². The summed E-state index contributed by atoms with van der Waals surface area (Å²) in [7, 11) is 0. The molecular formula is C16H16ClNS. The molecule has 2 N–H and O–H groups in total. The SMILES string of the molecule is Cc1cc(N)c(Cl)cc1Sc1ccc2c(c1)CCC2. The molecule has 0 bridgehead atoms. The van der Waals surface area contributed by atoms with Gasteiger partial charge in [0.2, 0.25) is 0 Å². The highest BCUT2D eigenvalue weighted by molar-refractivity contribution is 7.99. The quantitative estimate of drug-likeness (QED) is 0.798. The lowest BCUT2D eigenvalue weighted by Crippen LogP contribution is -1.90. The van der Waals surface area contributed by atoms with Crippen molar-refractivity contribution in [1.29, 1.82) is 0 Å². The van der Waals surface area contributed by atoms with Crippen LogP contribution in [0.1, 0.15) is 23.1 Å². The first-order valence-electron chi connectivity index (χ1n) is 6.49. The predicted molar refractivity (Wildman–Crippen MR) is 83.2 cm³/mol. The Hall–Kier alpha value is -1.12. The van der Waals surface area contributed by atoms with E-state index >= 15 is 0 Å². The molecule has 2 aromatic carbocycles. The first kappa shape index (κ1) is 12.9. The number of hydrogen-bond acceptors (Lipinski definition) is 2. The summed E-state index contributed by atoms with van der Waals surface area (Å²) in [6, 6.07) is 10.7. The molecule has 0 unspecified atom stereocenters. The molecule has 3 heteroatoms. The van der Waals surface area contributed by atoms with E-state index in [4.69, 9.17) is 17.3 Å². The van der Waals surface area contributed by atoms with Gasteiger partial charge in [-0.3, -0.25) is 0 Å². The third-order valence-electron chi connectivity index (χ3n) is 3.59. The van der Waals surface area contributed by atoms with E-state index in [0.29, 0.717) is 10.7 Å². The van der Waals surface area contributed by atoms with E-state index in [-0.39, 0.29) is 0 Å². The van der Waals surface area contributed by atoms with Crippen molar-refractivity contribution in [3.63, 3.8) is 0 Å². The van der Waals surface area contributed by atoms with Gasteiger partial charge in [-0.15, -0.1) is 0 Å². The molecule has 1 aliphatic rings. The Kier molecular flexibility index (Phi) is 3.46. The van der Waals surface area contributed by atoms with Crippen molar-refractivity contribution in [3.8, 4) is 0 Å². The highest BCUT2D eigenvalue weighted by Crippen LogP contribution is 2.36. The number of aryl methyl sites for hydroxylation is 3. The molecule has 19 heavy (non-hydrogen) atoms. The van der Waals surface area contributed by atoms with E-state index in [0.717, 1.165) is 0 Å². The molecule has 1 aliphatic carbocycles. The third kappa shape index (κ3) is 2.60. The molecule has 0 fully saturated rings. The fourth-order valence-corrected chi connectivity index (χ4v) is 3.75.